The topological polar surface area (TPSA) is 68.3 Å². The zero-order valence-electron chi connectivity index (χ0n) is 14.1. The standard InChI is InChI=1S/C18H19BrN2O3S/c1-3-24-18(23)15-13-5-4-10(2)6-14(13)25-17(15)21-16(22)11-7-12(19)9-20-8-11/h7-10H,3-6H2,1-2H3,(H,21,22). The number of halogens is 1. The lowest BCUT2D eigenvalue weighted by molar-refractivity contribution is 0.0526. The molecule has 1 unspecified atom stereocenters. The highest BCUT2D eigenvalue weighted by Gasteiger charge is 2.29. The van der Waals surface area contributed by atoms with E-state index in [1.807, 2.05) is 0 Å². The summed E-state index contributed by atoms with van der Waals surface area (Å²) < 4.78 is 5.95. The van der Waals surface area contributed by atoms with Crippen LogP contribution in [0.5, 0.6) is 0 Å². The monoisotopic (exact) mass is 422 g/mol. The Morgan fingerprint density at radius 3 is 2.96 bits per heavy atom. The smallest absolute Gasteiger partial charge is 0.341 e. The van der Waals surface area contributed by atoms with Crippen molar-refractivity contribution in [2.45, 2.75) is 33.1 Å². The summed E-state index contributed by atoms with van der Waals surface area (Å²) in [4.78, 5) is 30.2. The van der Waals surface area contributed by atoms with Crippen LogP contribution in [0.3, 0.4) is 0 Å². The predicted octanol–water partition coefficient (Wildman–Crippen LogP) is 4.46. The number of pyridine rings is 1. The number of anilines is 1. The number of carbonyl (C=O) groups is 2. The van der Waals surface area contributed by atoms with Gasteiger partial charge in [0.1, 0.15) is 5.00 Å². The SMILES string of the molecule is CCOC(=O)c1c(NC(=O)c2cncc(Br)c2)sc2c1CCC(C)C2. The number of hydrogen-bond donors (Lipinski definition) is 1. The average Bonchev–Trinajstić information content (AvgIpc) is 2.91. The minimum atomic E-state index is -0.364. The molecule has 0 aromatic carbocycles. The Bertz CT molecular complexity index is 819. The largest absolute Gasteiger partial charge is 0.462 e. The van der Waals surface area contributed by atoms with Gasteiger partial charge in [-0.1, -0.05) is 6.92 Å². The van der Waals surface area contributed by atoms with Gasteiger partial charge in [-0.05, 0) is 59.7 Å². The van der Waals surface area contributed by atoms with Crippen molar-refractivity contribution >= 4 is 44.1 Å². The van der Waals surface area contributed by atoms with E-state index in [0.29, 0.717) is 28.7 Å². The van der Waals surface area contributed by atoms with Crippen molar-refractivity contribution in [2.24, 2.45) is 5.92 Å². The number of fused-ring (bicyclic) bond motifs is 1. The number of ether oxygens (including phenoxy) is 1. The van der Waals surface area contributed by atoms with Crippen molar-refractivity contribution in [3.63, 3.8) is 0 Å². The third kappa shape index (κ3) is 3.93. The molecule has 1 N–H and O–H groups in total. The Kier molecular flexibility index (Phi) is 5.54. The van der Waals surface area contributed by atoms with Crippen molar-refractivity contribution in [1.29, 1.82) is 0 Å². The third-order valence-electron chi connectivity index (χ3n) is 4.19. The van der Waals surface area contributed by atoms with Gasteiger partial charge in [0.2, 0.25) is 0 Å². The highest BCUT2D eigenvalue weighted by molar-refractivity contribution is 9.10. The number of nitrogens with one attached hydrogen (secondary N) is 1. The Morgan fingerprint density at radius 2 is 2.24 bits per heavy atom. The summed E-state index contributed by atoms with van der Waals surface area (Å²) in [5.41, 5.74) is 1.98. The summed E-state index contributed by atoms with van der Waals surface area (Å²) in [5.74, 6) is -0.0674. The van der Waals surface area contributed by atoms with Crippen LogP contribution in [0.4, 0.5) is 5.00 Å². The molecule has 1 aliphatic carbocycles. The van der Waals surface area contributed by atoms with Crippen molar-refractivity contribution in [3.05, 3.63) is 44.5 Å². The molecule has 2 heterocycles. The van der Waals surface area contributed by atoms with E-state index >= 15 is 0 Å². The van der Waals surface area contributed by atoms with Crippen LogP contribution in [0, 0.1) is 5.92 Å². The second-order valence-electron chi connectivity index (χ2n) is 6.12. The lowest BCUT2D eigenvalue weighted by Gasteiger charge is -2.18. The van der Waals surface area contributed by atoms with E-state index in [1.165, 1.54) is 22.4 Å². The van der Waals surface area contributed by atoms with E-state index in [0.717, 1.165) is 29.3 Å². The lowest BCUT2D eigenvalue weighted by atomic mass is 9.88. The molecule has 1 amide bonds. The van der Waals surface area contributed by atoms with Gasteiger partial charge in [0.25, 0.3) is 5.91 Å². The van der Waals surface area contributed by atoms with Crippen LogP contribution in [0.25, 0.3) is 0 Å². The fraction of sp³-hybridized carbons (Fsp3) is 0.389. The number of thiophene rings is 1. The molecule has 7 heteroatoms. The lowest BCUT2D eigenvalue weighted by Crippen LogP contribution is -2.16. The Balaban J connectivity index is 1.94. The van der Waals surface area contributed by atoms with Crippen molar-refractivity contribution < 1.29 is 14.3 Å². The molecule has 0 saturated heterocycles. The number of hydrogen-bond acceptors (Lipinski definition) is 5. The van der Waals surface area contributed by atoms with E-state index < -0.39 is 0 Å². The number of aromatic nitrogens is 1. The molecule has 132 valence electrons. The normalized spacial score (nSPS) is 16.2. The van der Waals surface area contributed by atoms with Gasteiger partial charge in [-0.25, -0.2) is 4.79 Å². The fourth-order valence-electron chi connectivity index (χ4n) is 2.97. The van der Waals surface area contributed by atoms with Crippen LogP contribution >= 0.6 is 27.3 Å². The molecule has 0 saturated carbocycles. The minimum absolute atomic E-state index is 0.286. The number of amides is 1. The molecule has 1 aliphatic rings. The Morgan fingerprint density at radius 1 is 1.44 bits per heavy atom. The maximum Gasteiger partial charge on any atom is 0.341 e. The summed E-state index contributed by atoms with van der Waals surface area (Å²) in [7, 11) is 0. The number of nitrogens with zero attached hydrogens (tertiary/aromatic N) is 1. The summed E-state index contributed by atoms with van der Waals surface area (Å²) in [6, 6.07) is 1.70. The molecule has 0 aliphatic heterocycles. The zero-order valence-corrected chi connectivity index (χ0v) is 16.5. The average molecular weight is 423 g/mol. The zero-order chi connectivity index (χ0) is 18.0. The first kappa shape index (κ1) is 18.1. The second-order valence-corrected chi connectivity index (χ2v) is 8.14. The van der Waals surface area contributed by atoms with E-state index in [-0.39, 0.29) is 11.9 Å². The highest BCUT2D eigenvalue weighted by atomic mass is 79.9. The van der Waals surface area contributed by atoms with Crippen molar-refractivity contribution in [1.82, 2.24) is 4.98 Å². The van der Waals surface area contributed by atoms with E-state index in [2.05, 4.69) is 33.2 Å². The molecule has 2 aromatic rings. The summed E-state index contributed by atoms with van der Waals surface area (Å²) in [5, 5.41) is 3.46. The van der Waals surface area contributed by atoms with Crippen LogP contribution in [0.1, 0.15) is 51.4 Å². The molecule has 25 heavy (non-hydrogen) atoms. The van der Waals surface area contributed by atoms with Gasteiger partial charge in [-0.2, -0.15) is 0 Å². The number of esters is 1. The molecule has 0 radical (unpaired) electrons. The van der Waals surface area contributed by atoms with Gasteiger partial charge >= 0.3 is 5.97 Å². The molecular formula is C18H19BrN2O3S. The Labute approximate surface area is 158 Å². The Hall–Kier alpha value is -1.73. The number of rotatable bonds is 4. The molecule has 0 spiro atoms. The minimum Gasteiger partial charge on any atom is -0.462 e. The van der Waals surface area contributed by atoms with E-state index in [9.17, 15) is 9.59 Å². The second kappa shape index (κ2) is 7.66. The van der Waals surface area contributed by atoms with Crippen molar-refractivity contribution in [3.8, 4) is 0 Å². The maximum atomic E-state index is 12.6. The van der Waals surface area contributed by atoms with Crippen molar-refractivity contribution in [2.75, 3.05) is 11.9 Å². The van der Waals surface area contributed by atoms with Crippen LogP contribution < -0.4 is 5.32 Å². The molecule has 0 bridgehead atoms. The predicted molar refractivity (Wildman–Crippen MR) is 101 cm³/mol. The number of carbonyl (C=O) groups excluding carboxylic acids is 2. The molecule has 2 aromatic heterocycles. The van der Waals surface area contributed by atoms with Crippen LogP contribution in [-0.2, 0) is 17.6 Å². The molecule has 3 rings (SSSR count). The van der Waals surface area contributed by atoms with Gasteiger partial charge in [-0.15, -0.1) is 11.3 Å². The molecule has 1 atom stereocenters. The van der Waals surface area contributed by atoms with Gasteiger partial charge in [0.15, 0.2) is 0 Å². The van der Waals surface area contributed by atoms with Crippen LogP contribution in [-0.4, -0.2) is 23.5 Å². The first-order valence-electron chi connectivity index (χ1n) is 8.23. The quantitative estimate of drug-likeness (QED) is 0.738. The first-order chi connectivity index (χ1) is 12.0. The maximum absolute atomic E-state index is 12.6. The van der Waals surface area contributed by atoms with Gasteiger partial charge < -0.3 is 10.1 Å². The fourth-order valence-corrected chi connectivity index (χ4v) is 4.73. The first-order valence-corrected chi connectivity index (χ1v) is 9.84. The van der Waals surface area contributed by atoms with Gasteiger partial charge in [0, 0.05) is 21.7 Å². The van der Waals surface area contributed by atoms with Crippen LogP contribution in [0.2, 0.25) is 0 Å². The van der Waals surface area contributed by atoms with Crippen LogP contribution in [0.15, 0.2) is 22.9 Å². The third-order valence-corrected chi connectivity index (χ3v) is 5.79. The highest BCUT2D eigenvalue weighted by Crippen LogP contribution is 2.40. The molecule has 5 nitrogen and oxygen atoms in total. The van der Waals surface area contributed by atoms with E-state index in [1.54, 1.807) is 19.2 Å². The molecule has 0 fully saturated rings. The summed E-state index contributed by atoms with van der Waals surface area (Å²) in [6.07, 6.45) is 5.93. The van der Waals surface area contributed by atoms with Gasteiger partial charge in [0.05, 0.1) is 17.7 Å². The summed E-state index contributed by atoms with van der Waals surface area (Å²) >= 11 is 4.80. The summed E-state index contributed by atoms with van der Waals surface area (Å²) in [6.45, 7) is 4.30. The molecular weight excluding hydrogens is 404 g/mol. The van der Waals surface area contributed by atoms with E-state index in [4.69, 9.17) is 4.74 Å². The van der Waals surface area contributed by atoms with Gasteiger partial charge in [-0.3, -0.25) is 9.78 Å².